The Hall–Kier alpha value is -3.69. The number of carbonyl (C=O) groups is 1. The molecule has 0 aliphatic heterocycles. The Kier molecular flexibility index (Phi) is 6.68. The Labute approximate surface area is 180 Å². The van der Waals surface area contributed by atoms with Gasteiger partial charge in [0.2, 0.25) is 15.9 Å². The molecular weight excluding hydrogens is 416 g/mol. The fraction of sp³-hybridized carbons (Fsp3) is 0.0909. The third kappa shape index (κ3) is 5.91. The van der Waals surface area contributed by atoms with Gasteiger partial charge >= 0.3 is 0 Å². The van der Waals surface area contributed by atoms with Gasteiger partial charge in [-0.2, -0.15) is 0 Å². The lowest BCUT2D eigenvalue weighted by Crippen LogP contribution is -2.15. The quantitative estimate of drug-likeness (QED) is 0.315. The monoisotopic (exact) mass is 438 g/mol. The maximum absolute atomic E-state index is 12.2. The first kappa shape index (κ1) is 22.0. The Morgan fingerprint density at radius 1 is 1.00 bits per heavy atom. The second kappa shape index (κ2) is 9.41. The van der Waals surface area contributed by atoms with E-state index in [1.165, 1.54) is 6.07 Å². The van der Waals surface area contributed by atoms with Crippen molar-refractivity contribution in [3.8, 4) is 16.9 Å². The number of nitrogen functional groups attached to an aromatic ring is 1. The lowest BCUT2D eigenvalue weighted by atomic mass is 10.1. The largest absolute Gasteiger partial charge is 0.493 e. The van der Waals surface area contributed by atoms with Gasteiger partial charge < -0.3 is 15.8 Å². The van der Waals surface area contributed by atoms with Crippen molar-refractivity contribution in [2.75, 3.05) is 11.9 Å². The van der Waals surface area contributed by atoms with Crippen LogP contribution in [0.1, 0.15) is 12.0 Å². The number of hydrogen-bond donors (Lipinski definition) is 4. The number of anilines is 1. The molecule has 0 bridgehead atoms. The number of primary sulfonamides is 1. The van der Waals surface area contributed by atoms with Gasteiger partial charge in [0.15, 0.2) is 0 Å². The van der Waals surface area contributed by atoms with Crippen molar-refractivity contribution in [1.29, 1.82) is 5.41 Å². The molecule has 31 heavy (non-hydrogen) atoms. The molecule has 8 nitrogen and oxygen atoms in total. The van der Waals surface area contributed by atoms with Crippen LogP contribution in [-0.2, 0) is 14.8 Å². The summed E-state index contributed by atoms with van der Waals surface area (Å²) < 4.78 is 29.1. The number of carbonyl (C=O) groups excluding carboxylic acids is 1. The Morgan fingerprint density at radius 3 is 2.39 bits per heavy atom. The third-order valence-electron chi connectivity index (χ3n) is 4.42. The first-order valence-corrected chi connectivity index (χ1v) is 10.9. The van der Waals surface area contributed by atoms with Gasteiger partial charge in [-0.15, -0.1) is 0 Å². The molecule has 0 atom stereocenters. The van der Waals surface area contributed by atoms with Crippen LogP contribution in [0.3, 0.4) is 0 Å². The van der Waals surface area contributed by atoms with E-state index in [0.29, 0.717) is 28.1 Å². The first-order chi connectivity index (χ1) is 14.7. The number of rotatable bonds is 8. The molecule has 1 amide bonds. The van der Waals surface area contributed by atoms with E-state index in [1.54, 1.807) is 66.7 Å². The average Bonchev–Trinajstić information content (AvgIpc) is 2.74. The van der Waals surface area contributed by atoms with Crippen molar-refractivity contribution in [1.82, 2.24) is 0 Å². The van der Waals surface area contributed by atoms with Crippen molar-refractivity contribution in [3.05, 3.63) is 78.4 Å². The number of ether oxygens (including phenoxy) is 1. The number of amidine groups is 1. The molecular formula is C22H22N4O4S. The molecule has 3 aromatic rings. The maximum atomic E-state index is 12.2. The second-order valence-corrected chi connectivity index (χ2v) is 8.24. The van der Waals surface area contributed by atoms with E-state index in [4.69, 9.17) is 21.0 Å². The number of amides is 1. The van der Waals surface area contributed by atoms with Crippen LogP contribution >= 0.6 is 0 Å². The summed E-state index contributed by atoms with van der Waals surface area (Å²) in [5, 5.41) is 15.5. The van der Waals surface area contributed by atoms with Gasteiger partial charge in [0.05, 0.1) is 17.9 Å². The van der Waals surface area contributed by atoms with E-state index >= 15 is 0 Å². The molecule has 0 unspecified atom stereocenters. The fourth-order valence-corrected chi connectivity index (χ4v) is 3.69. The van der Waals surface area contributed by atoms with Crippen LogP contribution in [0.25, 0.3) is 11.1 Å². The number of benzene rings is 3. The lowest BCUT2D eigenvalue weighted by molar-refractivity contribution is -0.116. The van der Waals surface area contributed by atoms with E-state index in [1.807, 2.05) is 0 Å². The summed E-state index contributed by atoms with van der Waals surface area (Å²) in [5.74, 6) is 0.233. The number of nitrogens with one attached hydrogen (secondary N) is 2. The standard InChI is InChI=1S/C22H22N4O4S/c23-22(24)16-4-3-5-18(14-16)30-13-12-21(27)26-17-10-8-15(9-11-17)19-6-1-2-7-20(19)31(25,28)29/h1-11,14H,12-13H2,(H3,23,24)(H,26,27)(H2,25,28,29). The topological polar surface area (TPSA) is 148 Å². The minimum absolute atomic E-state index is 0.0396. The molecule has 9 heteroatoms. The summed E-state index contributed by atoms with van der Waals surface area (Å²) in [6.07, 6.45) is 0.125. The van der Waals surface area contributed by atoms with E-state index < -0.39 is 10.0 Å². The summed E-state index contributed by atoms with van der Waals surface area (Å²) in [5.41, 5.74) is 7.72. The Balaban J connectivity index is 1.59. The molecule has 0 saturated carbocycles. The Bertz CT molecular complexity index is 1210. The summed E-state index contributed by atoms with van der Waals surface area (Å²) in [4.78, 5) is 12.2. The Morgan fingerprint density at radius 2 is 1.71 bits per heavy atom. The molecule has 0 aliphatic carbocycles. The molecule has 160 valence electrons. The predicted octanol–water partition coefficient (Wildman–Crippen LogP) is 2.69. The van der Waals surface area contributed by atoms with Crippen LogP contribution in [-0.4, -0.2) is 26.8 Å². The van der Waals surface area contributed by atoms with Gasteiger partial charge in [0.25, 0.3) is 0 Å². The summed E-state index contributed by atoms with van der Waals surface area (Å²) in [6, 6.07) is 20.0. The molecule has 0 saturated heterocycles. The van der Waals surface area contributed by atoms with Crippen molar-refractivity contribution in [2.45, 2.75) is 11.3 Å². The van der Waals surface area contributed by atoms with E-state index in [2.05, 4.69) is 5.32 Å². The van der Waals surface area contributed by atoms with Crippen molar-refractivity contribution in [3.63, 3.8) is 0 Å². The van der Waals surface area contributed by atoms with E-state index in [0.717, 1.165) is 0 Å². The minimum atomic E-state index is -3.85. The third-order valence-corrected chi connectivity index (χ3v) is 5.39. The fourth-order valence-electron chi connectivity index (χ4n) is 2.92. The van der Waals surface area contributed by atoms with Gasteiger partial charge in [0.1, 0.15) is 11.6 Å². The maximum Gasteiger partial charge on any atom is 0.238 e. The van der Waals surface area contributed by atoms with Crippen LogP contribution in [0.5, 0.6) is 5.75 Å². The minimum Gasteiger partial charge on any atom is -0.493 e. The highest BCUT2D eigenvalue weighted by Gasteiger charge is 2.14. The molecule has 0 spiro atoms. The van der Waals surface area contributed by atoms with Crippen LogP contribution in [0, 0.1) is 5.41 Å². The first-order valence-electron chi connectivity index (χ1n) is 9.33. The normalized spacial score (nSPS) is 11.0. The van der Waals surface area contributed by atoms with Gasteiger partial charge in [-0.05, 0) is 35.9 Å². The zero-order chi connectivity index (χ0) is 22.4. The summed E-state index contributed by atoms with van der Waals surface area (Å²) in [6.45, 7) is 0.160. The van der Waals surface area contributed by atoms with Crippen molar-refractivity contribution < 1.29 is 17.9 Å². The van der Waals surface area contributed by atoms with Gasteiger partial charge in [-0.3, -0.25) is 10.2 Å². The van der Waals surface area contributed by atoms with Gasteiger partial charge in [0, 0.05) is 16.8 Å². The summed E-state index contributed by atoms with van der Waals surface area (Å²) >= 11 is 0. The zero-order valence-corrected chi connectivity index (χ0v) is 17.4. The van der Waals surface area contributed by atoms with Crippen molar-refractivity contribution >= 4 is 27.5 Å². The van der Waals surface area contributed by atoms with Crippen LogP contribution in [0.4, 0.5) is 5.69 Å². The molecule has 0 fully saturated rings. The molecule has 6 N–H and O–H groups in total. The SMILES string of the molecule is N=C(N)c1cccc(OCCC(=O)Nc2ccc(-c3ccccc3S(N)(=O)=O)cc2)c1. The number of sulfonamides is 1. The van der Waals surface area contributed by atoms with E-state index in [9.17, 15) is 13.2 Å². The molecule has 3 rings (SSSR count). The van der Waals surface area contributed by atoms with Crippen LogP contribution < -0.4 is 20.9 Å². The molecule has 3 aromatic carbocycles. The smallest absolute Gasteiger partial charge is 0.238 e. The lowest BCUT2D eigenvalue weighted by Gasteiger charge is -2.10. The predicted molar refractivity (Wildman–Crippen MR) is 119 cm³/mol. The average molecular weight is 439 g/mol. The number of nitrogens with two attached hydrogens (primary N) is 2. The van der Waals surface area contributed by atoms with Crippen LogP contribution in [0.15, 0.2) is 77.7 Å². The molecule has 0 radical (unpaired) electrons. The van der Waals surface area contributed by atoms with Gasteiger partial charge in [-0.1, -0.05) is 42.5 Å². The summed E-state index contributed by atoms with van der Waals surface area (Å²) in [7, 11) is -3.85. The van der Waals surface area contributed by atoms with E-state index in [-0.39, 0.29) is 29.7 Å². The highest BCUT2D eigenvalue weighted by molar-refractivity contribution is 7.89. The molecule has 0 aliphatic rings. The number of hydrogen-bond acceptors (Lipinski definition) is 5. The molecule has 0 heterocycles. The molecule has 0 aromatic heterocycles. The van der Waals surface area contributed by atoms with Crippen LogP contribution in [0.2, 0.25) is 0 Å². The highest BCUT2D eigenvalue weighted by Crippen LogP contribution is 2.27. The second-order valence-electron chi connectivity index (χ2n) is 6.71. The highest BCUT2D eigenvalue weighted by atomic mass is 32.2. The zero-order valence-electron chi connectivity index (χ0n) is 16.5. The van der Waals surface area contributed by atoms with Gasteiger partial charge in [-0.25, -0.2) is 13.6 Å². The van der Waals surface area contributed by atoms with Crippen molar-refractivity contribution in [2.24, 2.45) is 10.9 Å².